The van der Waals surface area contributed by atoms with E-state index in [2.05, 4.69) is 16.9 Å². The van der Waals surface area contributed by atoms with Gasteiger partial charge in [0.1, 0.15) is 10.3 Å². The smallest absolute Gasteiger partial charge is 0.135 e. The van der Waals surface area contributed by atoms with E-state index in [9.17, 15) is 0 Å². The number of aromatic nitrogens is 1. The van der Waals surface area contributed by atoms with Gasteiger partial charge in [-0.2, -0.15) is 0 Å². The lowest BCUT2D eigenvalue weighted by molar-refractivity contribution is 0.313. The van der Waals surface area contributed by atoms with Crippen molar-refractivity contribution in [2.75, 3.05) is 13.6 Å². The molecule has 0 spiro atoms. The molecule has 0 radical (unpaired) electrons. The quantitative estimate of drug-likeness (QED) is 0.757. The minimum Gasteiger partial charge on any atom is -0.302 e. The fourth-order valence-electron chi connectivity index (χ4n) is 1.66. The maximum Gasteiger partial charge on any atom is 0.135 e. The van der Waals surface area contributed by atoms with Crippen molar-refractivity contribution in [3.05, 3.63) is 28.0 Å². The van der Waals surface area contributed by atoms with Crippen molar-refractivity contribution in [3.63, 3.8) is 0 Å². The summed E-state index contributed by atoms with van der Waals surface area (Å²) in [6, 6.07) is 3.73. The molecule has 1 aliphatic rings. The van der Waals surface area contributed by atoms with Gasteiger partial charge in [0.15, 0.2) is 0 Å². The molecule has 1 saturated carbocycles. The Morgan fingerprint density at radius 1 is 1.40 bits per heavy atom. The second-order valence-electron chi connectivity index (χ2n) is 4.22. The van der Waals surface area contributed by atoms with Crippen LogP contribution in [0, 0.1) is 5.92 Å². The number of nitrogens with zero attached hydrogens (tertiary/aromatic N) is 2. The summed E-state index contributed by atoms with van der Waals surface area (Å²) >= 11 is 11.7. The van der Waals surface area contributed by atoms with Crippen molar-refractivity contribution in [2.24, 2.45) is 5.92 Å². The van der Waals surface area contributed by atoms with Crippen molar-refractivity contribution in [1.29, 1.82) is 0 Å². The Balaban J connectivity index is 1.96. The zero-order valence-corrected chi connectivity index (χ0v) is 10.2. The summed E-state index contributed by atoms with van der Waals surface area (Å²) in [7, 11) is 2.11. The van der Waals surface area contributed by atoms with Gasteiger partial charge in [0, 0.05) is 18.7 Å². The Morgan fingerprint density at radius 3 is 2.73 bits per heavy atom. The molecule has 0 N–H and O–H groups in total. The van der Waals surface area contributed by atoms with Crippen LogP contribution in [-0.2, 0) is 6.54 Å². The van der Waals surface area contributed by atoms with E-state index in [4.69, 9.17) is 23.2 Å². The molecule has 1 aromatic rings. The van der Waals surface area contributed by atoms with Crippen molar-refractivity contribution in [1.82, 2.24) is 9.88 Å². The Kier molecular flexibility index (Phi) is 3.49. The molecule has 0 aromatic carbocycles. The summed E-state index contributed by atoms with van der Waals surface area (Å²) in [4.78, 5) is 6.31. The number of hydrogen-bond donors (Lipinski definition) is 0. The van der Waals surface area contributed by atoms with Gasteiger partial charge in [-0.3, -0.25) is 0 Å². The summed E-state index contributed by atoms with van der Waals surface area (Å²) in [5.41, 5.74) is 1.05. The molecule has 4 heteroatoms. The van der Waals surface area contributed by atoms with Crippen LogP contribution in [-0.4, -0.2) is 23.5 Å². The summed E-state index contributed by atoms with van der Waals surface area (Å²) in [6.07, 6.45) is 2.74. The average molecular weight is 245 g/mol. The van der Waals surface area contributed by atoms with E-state index in [1.165, 1.54) is 12.8 Å². The molecule has 2 rings (SSSR count). The molecule has 1 heterocycles. The zero-order valence-electron chi connectivity index (χ0n) is 8.71. The Morgan fingerprint density at radius 2 is 2.13 bits per heavy atom. The second kappa shape index (κ2) is 4.69. The highest BCUT2D eigenvalue weighted by Gasteiger charge is 2.22. The van der Waals surface area contributed by atoms with E-state index in [1.54, 1.807) is 6.07 Å². The molecule has 1 fully saturated rings. The summed E-state index contributed by atoms with van der Waals surface area (Å²) in [5, 5.41) is 0.971. The van der Waals surface area contributed by atoms with Gasteiger partial charge in [-0.05, 0) is 31.9 Å². The van der Waals surface area contributed by atoms with Crippen molar-refractivity contribution in [3.8, 4) is 0 Å². The first-order valence-electron chi connectivity index (χ1n) is 5.14. The monoisotopic (exact) mass is 244 g/mol. The van der Waals surface area contributed by atoms with E-state index >= 15 is 0 Å². The van der Waals surface area contributed by atoms with E-state index in [1.807, 2.05) is 6.07 Å². The number of pyridine rings is 1. The molecule has 0 aliphatic heterocycles. The van der Waals surface area contributed by atoms with E-state index in [0.29, 0.717) is 10.3 Å². The molecule has 1 aliphatic carbocycles. The first kappa shape index (κ1) is 11.2. The highest BCUT2D eigenvalue weighted by atomic mass is 35.5. The molecule has 15 heavy (non-hydrogen) atoms. The van der Waals surface area contributed by atoms with Gasteiger partial charge < -0.3 is 4.90 Å². The Bertz CT molecular complexity index is 350. The normalized spacial score (nSPS) is 16.0. The Hall–Kier alpha value is -0.310. The lowest BCUT2D eigenvalue weighted by atomic mass is 10.2. The lowest BCUT2D eigenvalue weighted by Gasteiger charge is -2.16. The van der Waals surface area contributed by atoms with Crippen LogP contribution < -0.4 is 0 Å². The third-order valence-electron chi connectivity index (χ3n) is 2.60. The second-order valence-corrected chi connectivity index (χ2v) is 4.97. The van der Waals surface area contributed by atoms with Crippen LogP contribution in [0.15, 0.2) is 12.1 Å². The molecule has 0 amide bonds. The van der Waals surface area contributed by atoms with Gasteiger partial charge >= 0.3 is 0 Å². The van der Waals surface area contributed by atoms with Crippen LogP contribution in [0.4, 0.5) is 0 Å². The third kappa shape index (κ3) is 3.33. The van der Waals surface area contributed by atoms with E-state index in [0.717, 1.165) is 24.6 Å². The fraction of sp³-hybridized carbons (Fsp3) is 0.545. The molecule has 0 saturated heterocycles. The third-order valence-corrected chi connectivity index (χ3v) is 3.14. The first-order valence-corrected chi connectivity index (χ1v) is 5.90. The van der Waals surface area contributed by atoms with Crippen molar-refractivity contribution in [2.45, 2.75) is 19.4 Å². The van der Waals surface area contributed by atoms with Crippen molar-refractivity contribution >= 4 is 23.2 Å². The highest BCUT2D eigenvalue weighted by molar-refractivity contribution is 6.32. The first-order chi connectivity index (χ1) is 7.15. The molecule has 1 aromatic heterocycles. The lowest BCUT2D eigenvalue weighted by Crippen LogP contribution is -2.20. The van der Waals surface area contributed by atoms with Crippen LogP contribution in [0.2, 0.25) is 10.3 Å². The molecule has 2 nitrogen and oxygen atoms in total. The maximum atomic E-state index is 6.00. The molecule has 82 valence electrons. The van der Waals surface area contributed by atoms with Gasteiger partial charge in [-0.25, -0.2) is 4.98 Å². The zero-order chi connectivity index (χ0) is 10.8. The fourth-order valence-corrected chi connectivity index (χ4v) is 2.06. The minimum atomic E-state index is 0.452. The minimum absolute atomic E-state index is 0.452. The molecular formula is C11H14Cl2N2. The SMILES string of the molecule is CN(Cc1ccc(Cl)nc1Cl)CC1CC1. The predicted octanol–water partition coefficient (Wildman–Crippen LogP) is 3.23. The van der Waals surface area contributed by atoms with Crippen LogP contribution in [0.1, 0.15) is 18.4 Å². The van der Waals surface area contributed by atoms with Crippen LogP contribution >= 0.6 is 23.2 Å². The van der Waals surface area contributed by atoms with Crippen LogP contribution in [0.25, 0.3) is 0 Å². The van der Waals surface area contributed by atoms with Gasteiger partial charge in [0.25, 0.3) is 0 Å². The molecule has 0 unspecified atom stereocenters. The Labute approximate surface area is 100 Å². The van der Waals surface area contributed by atoms with E-state index in [-0.39, 0.29) is 0 Å². The van der Waals surface area contributed by atoms with Gasteiger partial charge in [-0.15, -0.1) is 0 Å². The molecule has 0 atom stereocenters. The van der Waals surface area contributed by atoms with E-state index < -0.39 is 0 Å². The van der Waals surface area contributed by atoms with Crippen LogP contribution in [0.3, 0.4) is 0 Å². The largest absolute Gasteiger partial charge is 0.302 e. The number of halogens is 2. The van der Waals surface area contributed by atoms with Gasteiger partial charge in [0.2, 0.25) is 0 Å². The maximum absolute atomic E-state index is 6.00. The topological polar surface area (TPSA) is 16.1 Å². The molecule has 0 bridgehead atoms. The summed E-state index contributed by atoms with van der Waals surface area (Å²) < 4.78 is 0. The predicted molar refractivity (Wildman–Crippen MR) is 63.3 cm³/mol. The molecular weight excluding hydrogens is 231 g/mol. The van der Waals surface area contributed by atoms with Gasteiger partial charge in [0.05, 0.1) is 0 Å². The summed E-state index contributed by atoms with van der Waals surface area (Å²) in [5.74, 6) is 0.897. The standard InChI is InChI=1S/C11H14Cl2N2/c1-15(6-8-2-3-8)7-9-4-5-10(12)14-11(9)13/h4-5,8H,2-3,6-7H2,1H3. The van der Waals surface area contributed by atoms with Gasteiger partial charge in [-0.1, -0.05) is 29.3 Å². The van der Waals surface area contributed by atoms with Crippen LogP contribution in [0.5, 0.6) is 0 Å². The number of rotatable bonds is 4. The summed E-state index contributed by atoms with van der Waals surface area (Å²) in [6.45, 7) is 2.00. The number of hydrogen-bond acceptors (Lipinski definition) is 2. The average Bonchev–Trinajstić information content (AvgIpc) is 2.94. The van der Waals surface area contributed by atoms with Crippen molar-refractivity contribution < 1.29 is 0 Å². The highest BCUT2D eigenvalue weighted by Crippen LogP contribution is 2.30.